The van der Waals surface area contributed by atoms with E-state index in [1.807, 2.05) is 36.4 Å². The molecule has 2 atom stereocenters. The normalized spacial score (nSPS) is 14.5. The van der Waals surface area contributed by atoms with E-state index < -0.39 is 32.9 Å². The lowest BCUT2D eigenvalue weighted by atomic mass is 10.1. The maximum Gasteiger partial charge on any atom is 0.305 e. The molecule has 0 saturated carbocycles. The van der Waals surface area contributed by atoms with Gasteiger partial charge in [0.25, 0.3) is 8.32 Å². The van der Waals surface area contributed by atoms with Gasteiger partial charge in [0, 0.05) is 6.42 Å². The maximum absolute atomic E-state index is 10.7. The number of hydrogen-bond donors (Lipinski definition) is 3. The van der Waals surface area contributed by atoms with Gasteiger partial charge in [-0.05, 0) is 15.4 Å². The van der Waals surface area contributed by atoms with Gasteiger partial charge in [-0.3, -0.25) is 4.79 Å². The molecule has 0 radical (unpaired) electrons. The minimum absolute atomic E-state index is 0.0317. The molecule has 6 heteroatoms. The van der Waals surface area contributed by atoms with Crippen LogP contribution in [-0.2, 0) is 9.22 Å². The van der Waals surface area contributed by atoms with Gasteiger partial charge in [0.2, 0.25) is 0 Å². The van der Waals surface area contributed by atoms with Crippen LogP contribution in [0.3, 0.4) is 0 Å². The number of carbonyl (C=O) groups is 1. The van der Waals surface area contributed by atoms with E-state index in [2.05, 4.69) is 45.0 Å². The summed E-state index contributed by atoms with van der Waals surface area (Å²) >= 11 is 0. The molecule has 0 heterocycles. The van der Waals surface area contributed by atoms with Crippen molar-refractivity contribution in [2.75, 3.05) is 6.61 Å². The van der Waals surface area contributed by atoms with Gasteiger partial charge in [-0.15, -0.1) is 0 Å². The van der Waals surface area contributed by atoms with Gasteiger partial charge in [0.15, 0.2) is 0 Å². The van der Waals surface area contributed by atoms with Crippen LogP contribution in [0.15, 0.2) is 60.7 Å². The van der Waals surface area contributed by atoms with E-state index in [4.69, 9.17) is 9.53 Å². The van der Waals surface area contributed by atoms with Crippen molar-refractivity contribution >= 4 is 24.7 Å². The molecule has 5 nitrogen and oxygen atoms in total. The summed E-state index contributed by atoms with van der Waals surface area (Å²) in [5, 5.41) is 31.0. The number of aliphatic carboxylic acids is 1. The monoisotopic (exact) mass is 402 g/mol. The molecule has 28 heavy (non-hydrogen) atoms. The second-order valence-electron chi connectivity index (χ2n) is 8.12. The summed E-state index contributed by atoms with van der Waals surface area (Å²) < 4.78 is 6.56. The molecule has 0 aliphatic carbocycles. The van der Waals surface area contributed by atoms with E-state index in [0.29, 0.717) is 0 Å². The van der Waals surface area contributed by atoms with Crippen LogP contribution < -0.4 is 10.4 Å². The smallest absolute Gasteiger partial charge is 0.305 e. The first-order valence-electron chi connectivity index (χ1n) is 9.49. The first-order chi connectivity index (χ1) is 13.2. The molecule has 2 aromatic rings. The number of benzene rings is 2. The molecule has 0 aromatic heterocycles. The summed E-state index contributed by atoms with van der Waals surface area (Å²) in [4.78, 5) is 10.7. The maximum atomic E-state index is 10.7. The highest BCUT2D eigenvalue weighted by atomic mass is 28.4. The molecule has 0 aliphatic heterocycles. The Bertz CT molecular complexity index is 703. The molecule has 2 aromatic carbocycles. The van der Waals surface area contributed by atoms with Gasteiger partial charge >= 0.3 is 5.97 Å². The Balaban J connectivity index is 2.35. The third kappa shape index (κ3) is 5.29. The van der Waals surface area contributed by atoms with E-state index in [1.54, 1.807) is 0 Å². The van der Waals surface area contributed by atoms with Crippen LogP contribution in [0, 0.1) is 0 Å². The third-order valence-corrected chi connectivity index (χ3v) is 9.87. The van der Waals surface area contributed by atoms with Crippen LogP contribution in [-0.4, -0.2) is 48.4 Å². The van der Waals surface area contributed by atoms with Crippen molar-refractivity contribution < 1.29 is 24.5 Å². The predicted molar refractivity (Wildman–Crippen MR) is 112 cm³/mol. The number of aliphatic hydroxyl groups excluding tert-OH is 2. The molecular formula is C22H30O5Si. The van der Waals surface area contributed by atoms with Gasteiger partial charge in [-0.1, -0.05) is 81.4 Å². The van der Waals surface area contributed by atoms with Gasteiger partial charge < -0.3 is 19.7 Å². The second kappa shape index (κ2) is 9.47. The minimum atomic E-state index is -2.75. The largest absolute Gasteiger partial charge is 0.481 e. The van der Waals surface area contributed by atoms with Gasteiger partial charge in [0.05, 0.1) is 25.2 Å². The van der Waals surface area contributed by atoms with Gasteiger partial charge in [-0.2, -0.15) is 0 Å². The van der Waals surface area contributed by atoms with Crippen molar-refractivity contribution in [1.82, 2.24) is 0 Å². The topological polar surface area (TPSA) is 87.0 Å². The van der Waals surface area contributed by atoms with Gasteiger partial charge in [0.1, 0.15) is 0 Å². The van der Waals surface area contributed by atoms with Crippen molar-refractivity contribution in [1.29, 1.82) is 0 Å². The van der Waals surface area contributed by atoms with Crippen LogP contribution in [0.4, 0.5) is 0 Å². The summed E-state index contributed by atoms with van der Waals surface area (Å²) in [6, 6.07) is 20.1. The van der Waals surface area contributed by atoms with Crippen molar-refractivity contribution in [3.8, 4) is 0 Å². The molecule has 152 valence electrons. The van der Waals surface area contributed by atoms with Crippen LogP contribution >= 0.6 is 0 Å². The quantitative estimate of drug-likeness (QED) is 0.560. The first-order valence-corrected chi connectivity index (χ1v) is 11.4. The molecule has 0 unspecified atom stereocenters. The number of aliphatic hydroxyl groups is 2. The molecule has 0 spiro atoms. The van der Waals surface area contributed by atoms with Crippen molar-refractivity contribution in [3.63, 3.8) is 0 Å². The van der Waals surface area contributed by atoms with E-state index in [-0.39, 0.29) is 18.1 Å². The highest BCUT2D eigenvalue weighted by molar-refractivity contribution is 6.99. The predicted octanol–water partition coefficient (Wildman–Crippen LogP) is 2.15. The van der Waals surface area contributed by atoms with E-state index >= 15 is 0 Å². The standard InChI is InChI=1S/C22H30O5Si/c1-22(2,3)28(19-10-6-4-7-11-19,20-12-8-5-9-13-20)27-16-18(24)14-17(23)15-21(25)26/h4-13,17-18,23-24H,14-16H2,1-3H3,(H,25,26)/t17-,18+/m1/s1. The minimum Gasteiger partial charge on any atom is -0.481 e. The molecule has 0 bridgehead atoms. The van der Waals surface area contributed by atoms with Crippen LogP contribution in [0.2, 0.25) is 5.04 Å². The summed E-state index contributed by atoms with van der Waals surface area (Å²) in [6.07, 6.45) is -2.48. The van der Waals surface area contributed by atoms with E-state index in [9.17, 15) is 15.0 Å². The fraction of sp³-hybridized carbons (Fsp3) is 0.409. The molecule has 0 fully saturated rings. The van der Waals surface area contributed by atoms with Crippen molar-refractivity contribution in [2.24, 2.45) is 0 Å². The highest BCUT2D eigenvalue weighted by Gasteiger charge is 2.50. The van der Waals surface area contributed by atoms with Gasteiger partial charge in [-0.25, -0.2) is 0 Å². The van der Waals surface area contributed by atoms with Crippen molar-refractivity contribution in [3.05, 3.63) is 60.7 Å². The molecule has 0 aliphatic rings. The molecule has 0 saturated heterocycles. The molecule has 0 amide bonds. The number of hydrogen-bond acceptors (Lipinski definition) is 4. The number of carboxylic acid groups (broad SMARTS) is 1. The van der Waals surface area contributed by atoms with Crippen molar-refractivity contribution in [2.45, 2.75) is 50.9 Å². The van der Waals surface area contributed by atoms with E-state index in [1.165, 1.54) is 0 Å². The average molecular weight is 403 g/mol. The Morgan fingerprint density at radius 3 is 1.79 bits per heavy atom. The summed E-state index contributed by atoms with van der Waals surface area (Å²) in [5.74, 6) is -1.09. The Hall–Kier alpha value is -1.99. The molecular weight excluding hydrogens is 372 g/mol. The highest BCUT2D eigenvalue weighted by Crippen LogP contribution is 2.36. The summed E-state index contributed by atoms with van der Waals surface area (Å²) in [5.41, 5.74) is 0. The summed E-state index contributed by atoms with van der Waals surface area (Å²) in [6.45, 7) is 6.46. The Labute approximate surface area is 167 Å². The third-order valence-electron chi connectivity index (χ3n) is 4.86. The Kier molecular flexibility index (Phi) is 7.54. The summed E-state index contributed by atoms with van der Waals surface area (Å²) in [7, 11) is -2.75. The number of rotatable bonds is 9. The molecule has 3 N–H and O–H groups in total. The van der Waals surface area contributed by atoms with Crippen LogP contribution in [0.1, 0.15) is 33.6 Å². The number of carboxylic acids is 1. The zero-order valence-electron chi connectivity index (χ0n) is 16.7. The van der Waals surface area contributed by atoms with E-state index in [0.717, 1.165) is 10.4 Å². The lowest BCUT2D eigenvalue weighted by Crippen LogP contribution is -2.67. The zero-order valence-corrected chi connectivity index (χ0v) is 17.7. The zero-order chi connectivity index (χ0) is 20.8. The fourth-order valence-corrected chi connectivity index (χ4v) is 8.25. The average Bonchev–Trinajstić information content (AvgIpc) is 2.62. The second-order valence-corrected chi connectivity index (χ2v) is 12.4. The Morgan fingerprint density at radius 1 is 0.929 bits per heavy atom. The van der Waals surface area contributed by atoms with Crippen LogP contribution in [0.5, 0.6) is 0 Å². The SMILES string of the molecule is CC(C)(C)[Si](OC[C@@H](O)C[C@@H](O)CC(=O)O)(c1ccccc1)c1ccccc1. The lowest BCUT2D eigenvalue weighted by molar-refractivity contribution is -0.139. The fourth-order valence-electron chi connectivity index (χ4n) is 3.65. The van der Waals surface area contributed by atoms with Crippen LogP contribution in [0.25, 0.3) is 0 Å². The first kappa shape index (κ1) is 22.3. The Morgan fingerprint density at radius 2 is 1.39 bits per heavy atom. The lowest BCUT2D eigenvalue weighted by Gasteiger charge is -2.43. The molecule has 2 rings (SSSR count).